The third-order valence-corrected chi connectivity index (χ3v) is 3.97. The molecular formula is C15H25BrN2. The second-order valence-corrected chi connectivity index (χ2v) is 5.55. The number of anilines is 1. The molecular weight excluding hydrogens is 288 g/mol. The fourth-order valence-corrected chi connectivity index (χ4v) is 2.74. The van der Waals surface area contributed by atoms with Crippen LogP contribution in [0.1, 0.15) is 39.2 Å². The Bertz CT molecular complexity index is 362. The summed E-state index contributed by atoms with van der Waals surface area (Å²) in [7, 11) is 2.20. The molecule has 1 aromatic carbocycles. The second-order valence-electron chi connectivity index (χ2n) is 4.63. The monoisotopic (exact) mass is 312 g/mol. The maximum absolute atomic E-state index is 3.56. The van der Waals surface area contributed by atoms with E-state index in [0.717, 1.165) is 17.6 Å². The molecule has 0 unspecified atom stereocenters. The zero-order chi connectivity index (χ0) is 13.5. The Kier molecular flexibility index (Phi) is 6.72. The van der Waals surface area contributed by atoms with Gasteiger partial charge < -0.3 is 10.2 Å². The average Bonchev–Trinajstić information content (AvgIpc) is 2.37. The Morgan fingerprint density at radius 1 is 1.22 bits per heavy atom. The average molecular weight is 313 g/mol. The van der Waals surface area contributed by atoms with Gasteiger partial charge in [0.2, 0.25) is 0 Å². The summed E-state index contributed by atoms with van der Waals surface area (Å²) in [6.45, 7) is 8.58. The van der Waals surface area contributed by atoms with E-state index in [1.165, 1.54) is 24.1 Å². The first kappa shape index (κ1) is 15.5. The highest BCUT2D eigenvalue weighted by Crippen LogP contribution is 2.26. The summed E-state index contributed by atoms with van der Waals surface area (Å²) in [5, 5.41) is 3.41. The second kappa shape index (κ2) is 7.80. The van der Waals surface area contributed by atoms with Gasteiger partial charge in [-0.2, -0.15) is 0 Å². The number of halogens is 1. The fraction of sp³-hybridized carbons (Fsp3) is 0.600. The maximum atomic E-state index is 3.56. The minimum Gasteiger partial charge on any atom is -0.371 e. The standard InChI is InChI=1S/C15H25BrN2/c1-5-14(6-2)18(4)15-9-8-13(16)10-12(15)11-17-7-3/h8-10,14,17H,5-7,11H2,1-4H3. The minimum atomic E-state index is 0.617. The molecule has 0 radical (unpaired) electrons. The summed E-state index contributed by atoms with van der Waals surface area (Å²) in [4.78, 5) is 2.42. The lowest BCUT2D eigenvalue weighted by molar-refractivity contribution is 0.588. The number of hydrogen-bond donors (Lipinski definition) is 1. The van der Waals surface area contributed by atoms with Crippen molar-refractivity contribution >= 4 is 21.6 Å². The highest BCUT2D eigenvalue weighted by molar-refractivity contribution is 9.10. The Balaban J connectivity index is 2.98. The van der Waals surface area contributed by atoms with E-state index in [2.05, 4.69) is 72.2 Å². The van der Waals surface area contributed by atoms with Gasteiger partial charge in [0.05, 0.1) is 0 Å². The smallest absolute Gasteiger partial charge is 0.0412 e. The van der Waals surface area contributed by atoms with Crippen LogP contribution in [0.2, 0.25) is 0 Å². The Morgan fingerprint density at radius 3 is 2.44 bits per heavy atom. The van der Waals surface area contributed by atoms with Crippen molar-refractivity contribution in [2.24, 2.45) is 0 Å². The van der Waals surface area contributed by atoms with Crippen molar-refractivity contribution in [3.63, 3.8) is 0 Å². The van der Waals surface area contributed by atoms with Crippen LogP contribution >= 0.6 is 15.9 Å². The van der Waals surface area contributed by atoms with Crippen LogP contribution in [0.4, 0.5) is 5.69 Å². The molecule has 0 aromatic heterocycles. The highest BCUT2D eigenvalue weighted by atomic mass is 79.9. The van der Waals surface area contributed by atoms with Gasteiger partial charge in [0.15, 0.2) is 0 Å². The molecule has 0 bridgehead atoms. The highest BCUT2D eigenvalue weighted by Gasteiger charge is 2.14. The van der Waals surface area contributed by atoms with Gasteiger partial charge in [0.25, 0.3) is 0 Å². The van der Waals surface area contributed by atoms with Crippen molar-refractivity contribution in [2.45, 2.75) is 46.2 Å². The molecule has 18 heavy (non-hydrogen) atoms. The molecule has 2 nitrogen and oxygen atoms in total. The minimum absolute atomic E-state index is 0.617. The molecule has 0 fully saturated rings. The van der Waals surface area contributed by atoms with Crippen LogP contribution in [0, 0.1) is 0 Å². The largest absolute Gasteiger partial charge is 0.371 e. The third kappa shape index (κ3) is 3.99. The van der Waals surface area contributed by atoms with Gasteiger partial charge in [-0.25, -0.2) is 0 Å². The predicted octanol–water partition coefficient (Wildman–Crippen LogP) is 4.18. The Labute approximate surface area is 120 Å². The molecule has 1 rings (SSSR count). The van der Waals surface area contributed by atoms with Gasteiger partial charge in [-0.15, -0.1) is 0 Å². The first-order valence-corrected chi connectivity index (χ1v) is 7.65. The number of hydrogen-bond acceptors (Lipinski definition) is 2. The molecule has 102 valence electrons. The topological polar surface area (TPSA) is 15.3 Å². The zero-order valence-corrected chi connectivity index (χ0v) is 13.5. The summed E-state index contributed by atoms with van der Waals surface area (Å²) < 4.78 is 1.15. The van der Waals surface area contributed by atoms with Gasteiger partial charge in [0, 0.05) is 29.8 Å². The number of nitrogens with zero attached hydrogens (tertiary/aromatic N) is 1. The zero-order valence-electron chi connectivity index (χ0n) is 12.0. The number of benzene rings is 1. The summed E-state index contributed by atoms with van der Waals surface area (Å²) in [6.07, 6.45) is 2.37. The molecule has 0 atom stereocenters. The molecule has 0 aliphatic carbocycles. The van der Waals surface area contributed by atoms with Gasteiger partial charge in [-0.1, -0.05) is 36.7 Å². The SMILES string of the molecule is CCNCc1cc(Br)ccc1N(C)C(CC)CC. The predicted molar refractivity (Wildman–Crippen MR) is 84.3 cm³/mol. The van der Waals surface area contributed by atoms with Crippen molar-refractivity contribution in [1.29, 1.82) is 0 Å². The van der Waals surface area contributed by atoms with Gasteiger partial charge >= 0.3 is 0 Å². The van der Waals surface area contributed by atoms with Crippen LogP contribution in [0.25, 0.3) is 0 Å². The molecule has 0 amide bonds. The van der Waals surface area contributed by atoms with E-state index in [-0.39, 0.29) is 0 Å². The molecule has 3 heteroatoms. The lowest BCUT2D eigenvalue weighted by Gasteiger charge is -2.30. The van der Waals surface area contributed by atoms with E-state index in [1.807, 2.05) is 0 Å². The summed E-state index contributed by atoms with van der Waals surface area (Å²) in [6, 6.07) is 7.18. The van der Waals surface area contributed by atoms with Crippen molar-refractivity contribution in [2.75, 3.05) is 18.5 Å². The Hall–Kier alpha value is -0.540. The molecule has 0 saturated heterocycles. The summed E-state index contributed by atoms with van der Waals surface area (Å²) in [5.41, 5.74) is 2.70. The van der Waals surface area contributed by atoms with Crippen LogP contribution in [0.15, 0.2) is 22.7 Å². The first-order chi connectivity index (χ1) is 8.63. The van der Waals surface area contributed by atoms with Crippen LogP contribution in [0.5, 0.6) is 0 Å². The van der Waals surface area contributed by atoms with Gasteiger partial charge in [-0.05, 0) is 43.1 Å². The van der Waals surface area contributed by atoms with Crippen LogP contribution < -0.4 is 10.2 Å². The molecule has 1 N–H and O–H groups in total. The van der Waals surface area contributed by atoms with E-state index in [9.17, 15) is 0 Å². The molecule has 1 aromatic rings. The van der Waals surface area contributed by atoms with E-state index in [1.54, 1.807) is 0 Å². The fourth-order valence-electron chi connectivity index (χ4n) is 2.33. The number of nitrogens with one attached hydrogen (secondary N) is 1. The van der Waals surface area contributed by atoms with Crippen LogP contribution in [0.3, 0.4) is 0 Å². The summed E-state index contributed by atoms with van der Waals surface area (Å²) in [5.74, 6) is 0. The van der Waals surface area contributed by atoms with E-state index in [0.29, 0.717) is 6.04 Å². The quantitative estimate of drug-likeness (QED) is 0.812. The van der Waals surface area contributed by atoms with E-state index >= 15 is 0 Å². The molecule has 0 saturated carbocycles. The van der Waals surface area contributed by atoms with Crippen LogP contribution in [-0.4, -0.2) is 19.6 Å². The summed E-state index contributed by atoms with van der Waals surface area (Å²) >= 11 is 3.56. The Morgan fingerprint density at radius 2 is 1.89 bits per heavy atom. The molecule has 0 heterocycles. The van der Waals surface area contributed by atoms with Crippen LogP contribution in [-0.2, 0) is 6.54 Å². The first-order valence-electron chi connectivity index (χ1n) is 6.85. The molecule has 0 aliphatic rings. The van der Waals surface area contributed by atoms with E-state index in [4.69, 9.17) is 0 Å². The van der Waals surface area contributed by atoms with E-state index < -0.39 is 0 Å². The number of rotatable bonds is 7. The van der Waals surface area contributed by atoms with Gasteiger partial charge in [-0.3, -0.25) is 0 Å². The van der Waals surface area contributed by atoms with Crippen molar-refractivity contribution < 1.29 is 0 Å². The third-order valence-electron chi connectivity index (χ3n) is 3.48. The lowest BCUT2D eigenvalue weighted by atomic mass is 10.1. The lowest BCUT2D eigenvalue weighted by Crippen LogP contribution is -2.31. The van der Waals surface area contributed by atoms with Gasteiger partial charge in [0.1, 0.15) is 0 Å². The molecule has 0 spiro atoms. The van der Waals surface area contributed by atoms with Crippen molar-refractivity contribution in [1.82, 2.24) is 5.32 Å². The maximum Gasteiger partial charge on any atom is 0.0412 e. The normalized spacial score (nSPS) is 11.0. The molecule has 0 aliphatic heterocycles. The van der Waals surface area contributed by atoms with Crippen molar-refractivity contribution in [3.05, 3.63) is 28.2 Å². The van der Waals surface area contributed by atoms with Crippen molar-refractivity contribution in [3.8, 4) is 0 Å².